The Bertz CT molecular complexity index is 493. The molecule has 1 saturated heterocycles. The van der Waals surface area contributed by atoms with Crippen molar-refractivity contribution in [2.45, 2.75) is 38.8 Å². The molecule has 2 rings (SSSR count). The highest BCUT2D eigenvalue weighted by molar-refractivity contribution is 5.94. The number of rotatable bonds is 3. The number of piperazine rings is 1. The highest BCUT2D eigenvalue weighted by Gasteiger charge is 2.31. The monoisotopic (exact) mass is 282 g/mol. The van der Waals surface area contributed by atoms with Crippen LogP contribution in [-0.2, 0) is 0 Å². The second-order valence-electron chi connectivity index (χ2n) is 5.16. The molecule has 1 aromatic carbocycles. The largest absolute Gasteiger partial charge is 0.333 e. The van der Waals surface area contributed by atoms with Crippen LogP contribution in [0.3, 0.4) is 0 Å². The molecule has 1 aliphatic heterocycles. The topological polar surface area (TPSA) is 32.3 Å². The van der Waals surface area contributed by atoms with Gasteiger partial charge in [-0.15, -0.1) is 0 Å². The number of nitrogens with zero attached hydrogens (tertiary/aromatic N) is 1. The van der Waals surface area contributed by atoms with E-state index < -0.39 is 11.6 Å². The average Bonchev–Trinajstić information content (AvgIpc) is 2.46. The number of nitrogens with one attached hydrogen (secondary N) is 1. The lowest BCUT2D eigenvalue weighted by atomic mass is 10.0. The number of benzene rings is 1. The van der Waals surface area contributed by atoms with E-state index in [-0.39, 0.29) is 23.6 Å². The predicted octanol–water partition coefficient (Wildman–Crippen LogP) is 2.57. The number of hydrogen-bond donors (Lipinski definition) is 1. The molecule has 1 aliphatic rings. The molecule has 1 N–H and O–H groups in total. The third-order valence-corrected chi connectivity index (χ3v) is 3.89. The van der Waals surface area contributed by atoms with Crippen molar-refractivity contribution in [2.75, 3.05) is 13.1 Å². The normalized spacial score (nSPS) is 22.9. The zero-order chi connectivity index (χ0) is 14.7. The van der Waals surface area contributed by atoms with Gasteiger partial charge < -0.3 is 10.2 Å². The molecular formula is C15H20F2N2O. The molecule has 2 atom stereocenters. The van der Waals surface area contributed by atoms with Gasteiger partial charge in [-0.25, -0.2) is 8.78 Å². The molecule has 1 fully saturated rings. The molecule has 110 valence electrons. The van der Waals surface area contributed by atoms with Gasteiger partial charge in [-0.1, -0.05) is 13.8 Å². The van der Waals surface area contributed by atoms with Gasteiger partial charge in [-0.3, -0.25) is 4.79 Å². The summed E-state index contributed by atoms with van der Waals surface area (Å²) in [5.41, 5.74) is -0.0541. The second kappa shape index (κ2) is 6.31. The van der Waals surface area contributed by atoms with Crippen molar-refractivity contribution in [1.29, 1.82) is 0 Å². The molecule has 0 aromatic heterocycles. The summed E-state index contributed by atoms with van der Waals surface area (Å²) in [5, 5.41) is 3.38. The highest BCUT2D eigenvalue weighted by atomic mass is 19.1. The van der Waals surface area contributed by atoms with Crippen molar-refractivity contribution >= 4 is 5.91 Å². The van der Waals surface area contributed by atoms with E-state index in [0.717, 1.165) is 25.0 Å². The van der Waals surface area contributed by atoms with Gasteiger partial charge >= 0.3 is 0 Å². The fourth-order valence-corrected chi connectivity index (χ4v) is 2.57. The van der Waals surface area contributed by atoms with Crippen LogP contribution in [0.4, 0.5) is 8.78 Å². The highest BCUT2D eigenvalue weighted by Crippen LogP contribution is 2.18. The maximum atomic E-state index is 13.8. The fraction of sp³-hybridized carbons (Fsp3) is 0.533. The maximum Gasteiger partial charge on any atom is 0.257 e. The van der Waals surface area contributed by atoms with Gasteiger partial charge in [0.05, 0.1) is 5.56 Å². The zero-order valence-corrected chi connectivity index (χ0v) is 11.8. The summed E-state index contributed by atoms with van der Waals surface area (Å²) in [6.45, 7) is 5.32. The lowest BCUT2D eigenvalue weighted by Gasteiger charge is -2.40. The minimum atomic E-state index is -0.795. The van der Waals surface area contributed by atoms with Crippen LogP contribution in [0.5, 0.6) is 0 Å². The van der Waals surface area contributed by atoms with Gasteiger partial charge in [-0.05, 0) is 25.0 Å². The van der Waals surface area contributed by atoms with Crippen LogP contribution in [-0.4, -0.2) is 36.0 Å². The number of amides is 1. The van der Waals surface area contributed by atoms with Gasteiger partial charge in [0.25, 0.3) is 5.91 Å². The summed E-state index contributed by atoms with van der Waals surface area (Å²) in [5.74, 6) is -1.82. The van der Waals surface area contributed by atoms with E-state index in [1.165, 1.54) is 6.07 Å². The third kappa shape index (κ3) is 2.98. The molecule has 0 spiro atoms. The van der Waals surface area contributed by atoms with E-state index in [1.807, 2.05) is 13.8 Å². The molecule has 0 saturated carbocycles. The van der Waals surface area contributed by atoms with Crippen LogP contribution in [0.1, 0.15) is 37.0 Å². The zero-order valence-electron chi connectivity index (χ0n) is 11.8. The Balaban J connectivity index is 2.24. The third-order valence-electron chi connectivity index (χ3n) is 3.89. The minimum Gasteiger partial charge on any atom is -0.333 e. The molecule has 20 heavy (non-hydrogen) atoms. The first-order valence-electron chi connectivity index (χ1n) is 7.06. The Morgan fingerprint density at radius 3 is 2.70 bits per heavy atom. The molecule has 0 aliphatic carbocycles. The van der Waals surface area contributed by atoms with Gasteiger partial charge in [0.1, 0.15) is 11.6 Å². The standard InChI is InChI=1S/C15H20F2N2O/c1-3-11-9-19(12(4-2)8-18-11)15(20)13-6-5-10(16)7-14(13)17/h5-7,11-12,18H,3-4,8-9H2,1-2H3. The summed E-state index contributed by atoms with van der Waals surface area (Å²) in [6, 6.07) is 3.38. The molecule has 1 aromatic rings. The molecule has 0 radical (unpaired) electrons. The summed E-state index contributed by atoms with van der Waals surface area (Å²) in [4.78, 5) is 14.2. The molecule has 1 heterocycles. The van der Waals surface area contributed by atoms with Gasteiger partial charge in [0.15, 0.2) is 0 Å². The Morgan fingerprint density at radius 1 is 1.35 bits per heavy atom. The second-order valence-corrected chi connectivity index (χ2v) is 5.16. The SMILES string of the molecule is CCC1CN(C(=O)c2ccc(F)cc2F)C(CC)CN1. The summed E-state index contributed by atoms with van der Waals surface area (Å²) < 4.78 is 26.7. The fourth-order valence-electron chi connectivity index (χ4n) is 2.57. The number of halogens is 2. The van der Waals surface area contributed by atoms with Crippen molar-refractivity contribution in [1.82, 2.24) is 10.2 Å². The van der Waals surface area contributed by atoms with Crippen molar-refractivity contribution in [3.63, 3.8) is 0 Å². The molecule has 2 unspecified atom stereocenters. The summed E-state index contributed by atoms with van der Waals surface area (Å²) >= 11 is 0. The van der Waals surface area contributed by atoms with E-state index in [4.69, 9.17) is 0 Å². The van der Waals surface area contributed by atoms with Gasteiger partial charge in [0.2, 0.25) is 0 Å². The molecular weight excluding hydrogens is 262 g/mol. The smallest absolute Gasteiger partial charge is 0.257 e. The van der Waals surface area contributed by atoms with E-state index in [2.05, 4.69) is 5.32 Å². The molecule has 5 heteroatoms. The van der Waals surface area contributed by atoms with Gasteiger partial charge in [0, 0.05) is 31.2 Å². The first-order valence-corrected chi connectivity index (χ1v) is 7.06. The van der Waals surface area contributed by atoms with Crippen molar-refractivity contribution in [3.8, 4) is 0 Å². The van der Waals surface area contributed by atoms with E-state index in [0.29, 0.717) is 13.1 Å². The van der Waals surface area contributed by atoms with Crippen LogP contribution < -0.4 is 5.32 Å². The summed E-state index contributed by atoms with van der Waals surface area (Å²) in [7, 11) is 0. The Labute approximate surface area is 118 Å². The Morgan fingerprint density at radius 2 is 2.10 bits per heavy atom. The number of carbonyl (C=O) groups is 1. The lowest BCUT2D eigenvalue weighted by molar-refractivity contribution is 0.0571. The van der Waals surface area contributed by atoms with Crippen LogP contribution in [0.15, 0.2) is 18.2 Å². The van der Waals surface area contributed by atoms with Crippen LogP contribution in [0.25, 0.3) is 0 Å². The van der Waals surface area contributed by atoms with E-state index in [1.54, 1.807) is 4.90 Å². The maximum absolute atomic E-state index is 13.8. The van der Waals surface area contributed by atoms with Gasteiger partial charge in [-0.2, -0.15) is 0 Å². The van der Waals surface area contributed by atoms with Crippen molar-refractivity contribution in [3.05, 3.63) is 35.4 Å². The van der Waals surface area contributed by atoms with Crippen LogP contribution in [0, 0.1) is 11.6 Å². The number of hydrogen-bond acceptors (Lipinski definition) is 2. The van der Waals surface area contributed by atoms with Crippen molar-refractivity contribution in [2.24, 2.45) is 0 Å². The first-order chi connectivity index (χ1) is 9.56. The Kier molecular flexibility index (Phi) is 4.70. The first kappa shape index (κ1) is 14.9. The average molecular weight is 282 g/mol. The van der Waals surface area contributed by atoms with Crippen LogP contribution >= 0.6 is 0 Å². The Hall–Kier alpha value is -1.49. The predicted molar refractivity (Wildman–Crippen MR) is 73.6 cm³/mol. The van der Waals surface area contributed by atoms with Crippen molar-refractivity contribution < 1.29 is 13.6 Å². The molecule has 1 amide bonds. The van der Waals surface area contributed by atoms with Crippen LogP contribution in [0.2, 0.25) is 0 Å². The van der Waals surface area contributed by atoms with E-state index in [9.17, 15) is 13.6 Å². The quantitative estimate of drug-likeness (QED) is 0.924. The molecule has 3 nitrogen and oxygen atoms in total. The summed E-state index contributed by atoms with van der Waals surface area (Å²) in [6.07, 6.45) is 1.71. The number of carbonyl (C=O) groups excluding carboxylic acids is 1. The van der Waals surface area contributed by atoms with E-state index >= 15 is 0 Å². The molecule has 0 bridgehead atoms. The minimum absolute atomic E-state index is 0.0507. The lowest BCUT2D eigenvalue weighted by Crippen LogP contribution is -2.58.